The summed E-state index contributed by atoms with van der Waals surface area (Å²) in [7, 11) is -0.984. The van der Waals surface area contributed by atoms with E-state index in [1.54, 1.807) is 25.1 Å². The van der Waals surface area contributed by atoms with Gasteiger partial charge in [-0.25, -0.2) is 18.0 Å². The van der Waals surface area contributed by atoms with Gasteiger partial charge in [0.2, 0.25) is 10.0 Å². The molecule has 0 fully saturated rings. The quantitative estimate of drug-likeness (QED) is 0.658. The number of nitrogens with one attached hydrogen (secondary N) is 1. The first kappa shape index (κ1) is 23.3. The molecule has 0 saturated carbocycles. The lowest BCUT2D eigenvalue weighted by Crippen LogP contribution is -2.36. The molecule has 2 aromatic carbocycles. The first-order valence-corrected chi connectivity index (χ1v) is 11.6. The van der Waals surface area contributed by atoms with Gasteiger partial charge in [0.25, 0.3) is 5.91 Å². The van der Waals surface area contributed by atoms with Crippen LogP contribution < -0.4 is 9.62 Å². The summed E-state index contributed by atoms with van der Waals surface area (Å²) in [5, 5.41) is 2.67. The largest absolute Gasteiger partial charge is 0.465 e. The van der Waals surface area contributed by atoms with E-state index in [1.807, 2.05) is 0 Å². The van der Waals surface area contributed by atoms with Crippen LogP contribution in [-0.4, -0.2) is 52.8 Å². The third-order valence-electron chi connectivity index (χ3n) is 5.15. The Balaban J connectivity index is 1.91. The summed E-state index contributed by atoms with van der Waals surface area (Å²) < 4.78 is 35.5. The van der Waals surface area contributed by atoms with Crippen molar-refractivity contribution in [3.8, 4) is 0 Å². The smallest absolute Gasteiger partial charge is 0.337 e. The van der Waals surface area contributed by atoms with Gasteiger partial charge in [-0.2, -0.15) is 0 Å². The zero-order valence-electron chi connectivity index (χ0n) is 18.0. The minimum atomic E-state index is -3.40. The number of methoxy groups -OCH3 is 2. The average molecular weight is 461 g/mol. The molecule has 32 heavy (non-hydrogen) atoms. The molecule has 1 N–H and O–H groups in total. The number of ether oxygens (including phenoxy) is 2. The number of esters is 2. The zero-order valence-corrected chi connectivity index (χ0v) is 18.8. The van der Waals surface area contributed by atoms with Crippen LogP contribution in [0.4, 0.5) is 11.4 Å². The summed E-state index contributed by atoms with van der Waals surface area (Å²) in [5.74, 6) is -1.82. The van der Waals surface area contributed by atoms with Gasteiger partial charge in [-0.15, -0.1) is 0 Å². The fraction of sp³-hybridized carbons (Fsp3) is 0.318. The highest BCUT2D eigenvalue weighted by Gasteiger charge is 2.26. The molecule has 0 aliphatic carbocycles. The van der Waals surface area contributed by atoms with E-state index in [0.29, 0.717) is 30.6 Å². The van der Waals surface area contributed by atoms with Crippen LogP contribution >= 0.6 is 0 Å². The second-order valence-corrected chi connectivity index (χ2v) is 9.34. The first-order valence-electron chi connectivity index (χ1n) is 9.96. The van der Waals surface area contributed by atoms with E-state index in [4.69, 9.17) is 9.47 Å². The van der Waals surface area contributed by atoms with Gasteiger partial charge >= 0.3 is 11.9 Å². The molecule has 1 heterocycles. The number of nitrogens with zero attached hydrogens (tertiary/aromatic N) is 1. The van der Waals surface area contributed by atoms with Crippen molar-refractivity contribution < 1.29 is 32.3 Å². The van der Waals surface area contributed by atoms with Crippen molar-refractivity contribution in [2.45, 2.75) is 19.8 Å². The number of rotatable bonds is 6. The molecular formula is C22H24N2O7S. The highest BCUT2D eigenvalue weighted by atomic mass is 32.2. The maximum atomic E-state index is 12.9. The second kappa shape index (κ2) is 9.39. The topological polar surface area (TPSA) is 119 Å². The summed E-state index contributed by atoms with van der Waals surface area (Å²) in [4.78, 5) is 36.7. The van der Waals surface area contributed by atoms with Crippen LogP contribution in [0.3, 0.4) is 0 Å². The molecule has 2 aromatic rings. The predicted octanol–water partition coefficient (Wildman–Crippen LogP) is 2.61. The number of sulfonamides is 1. The van der Waals surface area contributed by atoms with Crippen LogP contribution in [0.2, 0.25) is 0 Å². The molecule has 0 radical (unpaired) electrons. The maximum absolute atomic E-state index is 12.9. The number of carbonyl (C=O) groups is 3. The summed E-state index contributed by atoms with van der Waals surface area (Å²) in [5.41, 5.74) is 2.04. The van der Waals surface area contributed by atoms with Crippen LogP contribution in [0.1, 0.15) is 50.0 Å². The maximum Gasteiger partial charge on any atom is 0.337 e. The van der Waals surface area contributed by atoms with Crippen LogP contribution in [0.15, 0.2) is 36.4 Å². The summed E-state index contributed by atoms with van der Waals surface area (Å²) >= 11 is 0. The fourth-order valence-electron chi connectivity index (χ4n) is 3.52. The number of fused-ring (bicyclic) bond motifs is 1. The fourth-order valence-corrected chi connectivity index (χ4v) is 4.72. The van der Waals surface area contributed by atoms with Crippen molar-refractivity contribution in [3.05, 3.63) is 58.7 Å². The zero-order chi connectivity index (χ0) is 23.5. The predicted molar refractivity (Wildman–Crippen MR) is 119 cm³/mol. The Kier molecular flexibility index (Phi) is 6.83. The minimum absolute atomic E-state index is 0.00621. The average Bonchev–Trinajstić information content (AvgIpc) is 2.81. The van der Waals surface area contributed by atoms with Crippen LogP contribution in [0, 0.1) is 0 Å². The Hall–Kier alpha value is -3.40. The number of benzene rings is 2. The highest BCUT2D eigenvalue weighted by molar-refractivity contribution is 7.92. The molecule has 0 aromatic heterocycles. The van der Waals surface area contributed by atoms with Crippen LogP contribution in [0.25, 0.3) is 0 Å². The number of amides is 1. The Morgan fingerprint density at radius 3 is 2.16 bits per heavy atom. The van der Waals surface area contributed by atoms with Crippen LogP contribution in [-0.2, 0) is 25.9 Å². The molecule has 1 aliphatic heterocycles. The summed E-state index contributed by atoms with van der Waals surface area (Å²) in [6.07, 6.45) is 1.30. The van der Waals surface area contributed by atoms with E-state index in [2.05, 4.69) is 5.32 Å². The van der Waals surface area contributed by atoms with Crippen LogP contribution in [0.5, 0.6) is 0 Å². The molecule has 0 spiro atoms. The summed E-state index contributed by atoms with van der Waals surface area (Å²) in [6.45, 7) is 2.00. The van der Waals surface area contributed by atoms with E-state index in [0.717, 1.165) is 5.56 Å². The van der Waals surface area contributed by atoms with Gasteiger partial charge in [0.05, 0.1) is 36.8 Å². The molecule has 0 atom stereocenters. The van der Waals surface area contributed by atoms with Gasteiger partial charge in [-0.3, -0.25) is 9.10 Å². The molecule has 1 aliphatic rings. The Morgan fingerprint density at radius 1 is 0.969 bits per heavy atom. The molecular weight excluding hydrogens is 436 g/mol. The number of hydrogen-bond donors (Lipinski definition) is 1. The lowest BCUT2D eigenvalue weighted by atomic mass is 10.0. The minimum Gasteiger partial charge on any atom is -0.465 e. The second-order valence-electron chi connectivity index (χ2n) is 7.16. The summed E-state index contributed by atoms with van der Waals surface area (Å²) in [6, 6.07) is 8.93. The van der Waals surface area contributed by atoms with Crippen molar-refractivity contribution in [1.29, 1.82) is 0 Å². The van der Waals surface area contributed by atoms with E-state index in [-0.39, 0.29) is 22.6 Å². The normalized spacial score (nSPS) is 13.2. The van der Waals surface area contributed by atoms with E-state index in [9.17, 15) is 22.8 Å². The third kappa shape index (κ3) is 4.75. The Morgan fingerprint density at radius 2 is 1.59 bits per heavy atom. The van der Waals surface area contributed by atoms with Gasteiger partial charge < -0.3 is 14.8 Å². The molecule has 10 heteroatoms. The van der Waals surface area contributed by atoms with Gasteiger partial charge in [-0.05, 0) is 61.7 Å². The van der Waals surface area contributed by atoms with Crippen molar-refractivity contribution in [2.24, 2.45) is 0 Å². The van der Waals surface area contributed by atoms with Crippen molar-refractivity contribution in [2.75, 3.05) is 36.1 Å². The molecule has 0 bridgehead atoms. The molecule has 0 saturated heterocycles. The van der Waals surface area contributed by atoms with Crippen molar-refractivity contribution in [1.82, 2.24) is 0 Å². The number of hydrogen-bond acceptors (Lipinski definition) is 7. The van der Waals surface area contributed by atoms with Gasteiger partial charge in [0.15, 0.2) is 0 Å². The number of aryl methyl sites for hydroxylation is 1. The standard InChI is InChI=1S/C22H24N2O7S/c1-4-32(28,29)24-9-5-6-14-10-15(7-8-19(14)24)20(25)23-18-12-16(21(26)30-2)11-17(13-18)22(27)31-3/h7-8,10-13H,4-6,9H2,1-3H3,(H,23,25). The van der Waals surface area contributed by atoms with E-state index < -0.39 is 27.9 Å². The Bertz CT molecular complexity index is 1140. The number of carbonyl (C=O) groups excluding carboxylic acids is 3. The van der Waals surface area contributed by atoms with Gasteiger partial charge in [0.1, 0.15) is 0 Å². The molecule has 9 nitrogen and oxygen atoms in total. The van der Waals surface area contributed by atoms with E-state index in [1.165, 1.54) is 36.7 Å². The first-order chi connectivity index (χ1) is 15.2. The SMILES string of the molecule is CCS(=O)(=O)N1CCCc2cc(C(=O)Nc3cc(C(=O)OC)cc(C(=O)OC)c3)ccc21. The highest BCUT2D eigenvalue weighted by Crippen LogP contribution is 2.30. The third-order valence-corrected chi connectivity index (χ3v) is 6.93. The van der Waals surface area contributed by atoms with Crippen molar-refractivity contribution >= 4 is 39.2 Å². The molecule has 170 valence electrons. The van der Waals surface area contributed by atoms with Gasteiger partial charge in [0, 0.05) is 17.8 Å². The van der Waals surface area contributed by atoms with Crippen molar-refractivity contribution in [3.63, 3.8) is 0 Å². The Labute approximate surface area is 186 Å². The lowest BCUT2D eigenvalue weighted by molar-refractivity contribution is 0.0598. The number of anilines is 2. The van der Waals surface area contributed by atoms with E-state index >= 15 is 0 Å². The molecule has 1 amide bonds. The lowest BCUT2D eigenvalue weighted by Gasteiger charge is -2.30. The molecule has 3 rings (SSSR count). The van der Waals surface area contributed by atoms with Gasteiger partial charge in [-0.1, -0.05) is 0 Å². The molecule has 0 unspecified atom stereocenters. The monoisotopic (exact) mass is 460 g/mol.